The van der Waals surface area contributed by atoms with Crippen molar-refractivity contribution in [1.29, 1.82) is 0 Å². The Morgan fingerprint density at radius 2 is 1.81 bits per heavy atom. The van der Waals surface area contributed by atoms with Gasteiger partial charge < -0.3 is 9.64 Å². The largest absolute Gasteiger partial charge is 0.385 e. The van der Waals surface area contributed by atoms with Gasteiger partial charge in [0.2, 0.25) is 0 Å². The molecule has 1 amide bonds. The van der Waals surface area contributed by atoms with Crippen LogP contribution in [0, 0.1) is 0 Å². The molecule has 8 nitrogen and oxygen atoms in total. The van der Waals surface area contributed by atoms with E-state index in [1.54, 1.807) is 30.3 Å². The van der Waals surface area contributed by atoms with Crippen molar-refractivity contribution in [1.82, 2.24) is 19.2 Å². The molecular weight excluding hydrogens is 506 g/mol. The number of carbonyl (C=O) groups is 1. The highest BCUT2D eigenvalue weighted by atomic mass is 32.2. The number of thioether (sulfide) groups is 1. The second-order valence-electron chi connectivity index (χ2n) is 9.01. The number of thiocarbonyl (C=S) groups is 1. The first kappa shape index (κ1) is 25.6. The lowest BCUT2D eigenvalue weighted by atomic mass is 10.2. The number of methoxy groups -OCH3 is 1. The minimum Gasteiger partial charge on any atom is -0.385 e. The maximum absolute atomic E-state index is 13.6. The van der Waals surface area contributed by atoms with Crippen LogP contribution in [0.5, 0.6) is 0 Å². The van der Waals surface area contributed by atoms with Gasteiger partial charge in [-0.05, 0) is 30.2 Å². The van der Waals surface area contributed by atoms with Crippen LogP contribution < -0.4 is 10.5 Å². The third-order valence-electron chi connectivity index (χ3n) is 6.55. The van der Waals surface area contributed by atoms with Crippen LogP contribution in [0.2, 0.25) is 0 Å². The molecule has 5 rings (SSSR count). The molecule has 1 aromatic carbocycles. The summed E-state index contributed by atoms with van der Waals surface area (Å²) >= 11 is 6.70. The van der Waals surface area contributed by atoms with E-state index in [-0.39, 0.29) is 11.5 Å². The molecule has 0 saturated carbocycles. The van der Waals surface area contributed by atoms with E-state index in [2.05, 4.69) is 34.1 Å². The standard InChI is InChI=1S/C27H29N5O3S2/c1-35-17-7-12-32-26(34)22(37-27(32)36)18-21-24(28-23-10-5-6-11-31(23)25(21)33)30-15-13-29(14-16-30)19-20-8-3-2-4-9-20/h2-6,8-11,18H,7,12-17,19H2,1H3/b22-18-. The summed E-state index contributed by atoms with van der Waals surface area (Å²) in [6.07, 6.45) is 4.07. The zero-order valence-corrected chi connectivity index (χ0v) is 22.3. The fourth-order valence-electron chi connectivity index (χ4n) is 4.61. The maximum Gasteiger partial charge on any atom is 0.267 e. The van der Waals surface area contributed by atoms with Gasteiger partial charge in [-0.3, -0.25) is 23.8 Å². The molecule has 0 radical (unpaired) electrons. The number of pyridine rings is 1. The quantitative estimate of drug-likeness (QED) is 0.247. The van der Waals surface area contributed by atoms with Crippen molar-refractivity contribution < 1.29 is 9.53 Å². The fourth-order valence-corrected chi connectivity index (χ4v) is 5.90. The molecule has 2 saturated heterocycles. The lowest BCUT2D eigenvalue weighted by molar-refractivity contribution is -0.122. The van der Waals surface area contributed by atoms with Gasteiger partial charge in [-0.2, -0.15) is 0 Å². The molecule has 37 heavy (non-hydrogen) atoms. The molecule has 3 aromatic rings. The summed E-state index contributed by atoms with van der Waals surface area (Å²) in [4.78, 5) is 38.2. The average molecular weight is 536 g/mol. The monoisotopic (exact) mass is 535 g/mol. The molecule has 0 unspecified atom stereocenters. The van der Waals surface area contributed by atoms with Gasteiger partial charge in [0.25, 0.3) is 11.5 Å². The van der Waals surface area contributed by atoms with Crippen LogP contribution in [0.3, 0.4) is 0 Å². The molecule has 4 heterocycles. The highest BCUT2D eigenvalue weighted by Gasteiger charge is 2.33. The van der Waals surface area contributed by atoms with Gasteiger partial charge in [0.1, 0.15) is 15.8 Å². The molecule has 2 aliphatic rings. The van der Waals surface area contributed by atoms with Crippen LogP contribution in [-0.2, 0) is 16.1 Å². The number of benzene rings is 1. The van der Waals surface area contributed by atoms with E-state index in [1.165, 1.54) is 21.7 Å². The number of rotatable bonds is 8. The van der Waals surface area contributed by atoms with E-state index in [1.807, 2.05) is 18.2 Å². The lowest BCUT2D eigenvalue weighted by Gasteiger charge is -2.36. The Labute approximate surface area is 225 Å². The summed E-state index contributed by atoms with van der Waals surface area (Å²) in [6.45, 7) is 5.11. The maximum atomic E-state index is 13.6. The van der Waals surface area contributed by atoms with E-state index in [0.717, 1.165) is 32.7 Å². The highest BCUT2D eigenvalue weighted by Crippen LogP contribution is 2.33. The minimum atomic E-state index is -0.197. The predicted molar refractivity (Wildman–Crippen MR) is 152 cm³/mol. The van der Waals surface area contributed by atoms with Crippen molar-refractivity contribution >= 4 is 51.7 Å². The van der Waals surface area contributed by atoms with Gasteiger partial charge >= 0.3 is 0 Å². The average Bonchev–Trinajstić information content (AvgIpc) is 3.19. The molecule has 0 atom stereocenters. The van der Waals surface area contributed by atoms with Crippen LogP contribution in [-0.4, -0.2) is 75.9 Å². The molecule has 2 fully saturated rings. The Hall–Kier alpha value is -3.05. The van der Waals surface area contributed by atoms with Crippen molar-refractivity contribution in [3.63, 3.8) is 0 Å². The molecule has 0 N–H and O–H groups in total. The molecule has 10 heteroatoms. The van der Waals surface area contributed by atoms with Crippen molar-refractivity contribution in [2.24, 2.45) is 0 Å². The van der Waals surface area contributed by atoms with E-state index >= 15 is 0 Å². The second kappa shape index (κ2) is 11.6. The second-order valence-corrected chi connectivity index (χ2v) is 10.7. The Morgan fingerprint density at radius 3 is 2.57 bits per heavy atom. The topological polar surface area (TPSA) is 70.4 Å². The van der Waals surface area contributed by atoms with Gasteiger partial charge in [-0.25, -0.2) is 4.98 Å². The first-order valence-corrected chi connectivity index (χ1v) is 13.5. The Bertz CT molecular complexity index is 1380. The van der Waals surface area contributed by atoms with E-state index in [0.29, 0.717) is 45.8 Å². The summed E-state index contributed by atoms with van der Waals surface area (Å²) in [5.41, 5.74) is 2.08. The number of nitrogens with zero attached hydrogens (tertiary/aromatic N) is 5. The zero-order chi connectivity index (χ0) is 25.8. The number of carbonyl (C=O) groups excluding carboxylic acids is 1. The third-order valence-corrected chi connectivity index (χ3v) is 7.93. The number of hydrogen-bond acceptors (Lipinski definition) is 8. The van der Waals surface area contributed by atoms with Gasteiger partial charge in [0.15, 0.2) is 0 Å². The summed E-state index contributed by atoms with van der Waals surface area (Å²) in [5, 5.41) is 0. The van der Waals surface area contributed by atoms with Crippen molar-refractivity contribution in [2.75, 3.05) is 51.3 Å². The van der Waals surface area contributed by atoms with Gasteiger partial charge in [0, 0.05) is 59.2 Å². The third kappa shape index (κ3) is 5.62. The van der Waals surface area contributed by atoms with Crippen LogP contribution >= 0.6 is 24.0 Å². The molecule has 0 bridgehead atoms. The summed E-state index contributed by atoms with van der Waals surface area (Å²) < 4.78 is 7.14. The summed E-state index contributed by atoms with van der Waals surface area (Å²) in [6, 6.07) is 15.9. The smallest absolute Gasteiger partial charge is 0.267 e. The number of amides is 1. The molecule has 192 valence electrons. The fraction of sp³-hybridized carbons (Fsp3) is 0.333. The Kier molecular flexibility index (Phi) is 7.99. The summed E-state index contributed by atoms with van der Waals surface area (Å²) in [5.74, 6) is 0.433. The Balaban J connectivity index is 1.43. The first-order valence-electron chi connectivity index (χ1n) is 12.3. The van der Waals surface area contributed by atoms with Crippen LogP contribution in [0.1, 0.15) is 17.5 Å². The molecule has 2 aliphatic heterocycles. The van der Waals surface area contributed by atoms with Crippen LogP contribution in [0.4, 0.5) is 5.82 Å². The highest BCUT2D eigenvalue weighted by molar-refractivity contribution is 8.26. The summed E-state index contributed by atoms with van der Waals surface area (Å²) in [7, 11) is 1.63. The molecule has 0 spiro atoms. The van der Waals surface area contributed by atoms with E-state index < -0.39 is 0 Å². The Morgan fingerprint density at radius 1 is 1.05 bits per heavy atom. The normalized spacial score (nSPS) is 17.9. The molecule has 2 aromatic heterocycles. The minimum absolute atomic E-state index is 0.178. The predicted octanol–water partition coefficient (Wildman–Crippen LogP) is 3.25. The molecular formula is C27H29N5O3S2. The van der Waals surface area contributed by atoms with E-state index in [4.69, 9.17) is 21.9 Å². The van der Waals surface area contributed by atoms with Gasteiger partial charge in [0.05, 0.1) is 10.5 Å². The van der Waals surface area contributed by atoms with Crippen LogP contribution in [0.15, 0.2) is 64.4 Å². The van der Waals surface area contributed by atoms with Crippen molar-refractivity contribution in [2.45, 2.75) is 13.0 Å². The van der Waals surface area contributed by atoms with Gasteiger partial charge in [-0.15, -0.1) is 0 Å². The zero-order valence-electron chi connectivity index (χ0n) is 20.7. The number of hydrogen-bond donors (Lipinski definition) is 0. The number of piperazine rings is 1. The number of ether oxygens (including phenoxy) is 1. The van der Waals surface area contributed by atoms with Gasteiger partial charge in [-0.1, -0.05) is 60.4 Å². The molecule has 0 aliphatic carbocycles. The number of anilines is 1. The lowest BCUT2D eigenvalue weighted by Crippen LogP contribution is -2.47. The van der Waals surface area contributed by atoms with E-state index in [9.17, 15) is 9.59 Å². The SMILES string of the molecule is COCCCN1C(=O)/C(=C/c2c(N3CCN(Cc4ccccc4)CC3)nc3ccccn3c2=O)SC1=S. The van der Waals surface area contributed by atoms with Crippen molar-refractivity contribution in [3.8, 4) is 0 Å². The number of fused-ring (bicyclic) bond motifs is 1. The van der Waals surface area contributed by atoms with Crippen LogP contribution in [0.25, 0.3) is 11.7 Å². The number of aromatic nitrogens is 2. The first-order chi connectivity index (χ1) is 18.0. The van der Waals surface area contributed by atoms with Crippen molar-refractivity contribution in [3.05, 3.63) is 81.1 Å².